The number of aliphatic hydroxyl groups is 1. The van der Waals surface area contributed by atoms with Gasteiger partial charge in [-0.25, -0.2) is 9.59 Å². The van der Waals surface area contributed by atoms with Crippen molar-refractivity contribution in [1.29, 1.82) is 0 Å². The molecule has 190 valence electrons. The monoisotopic (exact) mass is 498 g/mol. The number of esters is 1. The van der Waals surface area contributed by atoms with E-state index in [4.69, 9.17) is 9.47 Å². The minimum absolute atomic E-state index is 0.161. The van der Waals surface area contributed by atoms with Gasteiger partial charge in [0.15, 0.2) is 0 Å². The number of cyclic esters (lactones) is 1. The molecule has 6 nitrogen and oxygen atoms in total. The van der Waals surface area contributed by atoms with E-state index < -0.39 is 35.7 Å². The number of ketones is 1. The zero-order valence-electron chi connectivity index (χ0n) is 20.5. The van der Waals surface area contributed by atoms with Crippen molar-refractivity contribution in [2.75, 3.05) is 0 Å². The summed E-state index contributed by atoms with van der Waals surface area (Å²) in [6, 6.07) is 27.0. The van der Waals surface area contributed by atoms with Crippen molar-refractivity contribution in [3.8, 4) is 11.1 Å². The highest BCUT2D eigenvalue weighted by Gasteiger charge is 2.65. The van der Waals surface area contributed by atoms with E-state index in [1.807, 2.05) is 60.7 Å². The second-order valence-electron chi connectivity index (χ2n) is 9.87. The molecule has 4 atom stereocenters. The lowest BCUT2D eigenvalue weighted by atomic mass is 9.82. The average molecular weight is 499 g/mol. The fraction of sp³-hybridized carbons (Fsp3) is 0.323. The first-order valence-electron chi connectivity index (χ1n) is 12.8. The van der Waals surface area contributed by atoms with Crippen LogP contribution in [0.25, 0.3) is 11.1 Å². The van der Waals surface area contributed by atoms with Gasteiger partial charge in [0, 0.05) is 6.42 Å². The van der Waals surface area contributed by atoms with E-state index >= 15 is 0 Å². The minimum Gasteiger partial charge on any atom is -0.458 e. The number of epoxide rings is 1. The first-order chi connectivity index (χ1) is 18.0. The number of aryl methyl sites for hydroxylation is 1. The van der Waals surface area contributed by atoms with Crippen LogP contribution in [-0.2, 0) is 25.5 Å². The van der Waals surface area contributed by atoms with E-state index in [-0.39, 0.29) is 25.0 Å². The maximum Gasteiger partial charge on any atom is 0.351 e. The summed E-state index contributed by atoms with van der Waals surface area (Å²) in [7, 11) is 0. The molecule has 1 aliphatic carbocycles. The van der Waals surface area contributed by atoms with E-state index in [0.717, 1.165) is 24.0 Å². The number of hydrogen-bond donors (Lipinski definition) is 1. The molecule has 1 unspecified atom stereocenters. The second-order valence-corrected chi connectivity index (χ2v) is 9.87. The summed E-state index contributed by atoms with van der Waals surface area (Å²) in [5.41, 5.74) is 1.93. The third kappa shape index (κ3) is 5.49. The largest absolute Gasteiger partial charge is 0.458 e. The van der Waals surface area contributed by atoms with Crippen LogP contribution in [0.3, 0.4) is 0 Å². The third-order valence-corrected chi connectivity index (χ3v) is 7.40. The van der Waals surface area contributed by atoms with Gasteiger partial charge in [0.1, 0.15) is 17.5 Å². The van der Waals surface area contributed by atoms with Crippen LogP contribution < -0.4 is 0 Å². The number of rotatable bonds is 10. The van der Waals surface area contributed by atoms with Crippen molar-refractivity contribution in [3.05, 3.63) is 96.1 Å². The summed E-state index contributed by atoms with van der Waals surface area (Å²) in [6.07, 6.45) is 1.15. The van der Waals surface area contributed by atoms with Gasteiger partial charge in [-0.15, -0.1) is 0 Å². The number of ether oxygens (including phenoxy) is 2. The molecule has 2 aliphatic rings. The van der Waals surface area contributed by atoms with Crippen LogP contribution in [0.15, 0.2) is 84.9 Å². The number of carbonyl (C=O) groups is 3. The van der Waals surface area contributed by atoms with Gasteiger partial charge >= 0.3 is 11.9 Å². The van der Waals surface area contributed by atoms with E-state index in [0.29, 0.717) is 12.0 Å². The van der Waals surface area contributed by atoms with Crippen molar-refractivity contribution in [2.45, 2.75) is 56.3 Å². The smallest absolute Gasteiger partial charge is 0.351 e. The maximum absolute atomic E-state index is 13.3. The van der Waals surface area contributed by atoms with Gasteiger partial charge in [0.2, 0.25) is 6.10 Å². The molecule has 5 rings (SSSR count). The van der Waals surface area contributed by atoms with Gasteiger partial charge in [0.05, 0.1) is 11.5 Å². The van der Waals surface area contributed by atoms with Crippen molar-refractivity contribution < 1.29 is 29.0 Å². The lowest BCUT2D eigenvalue weighted by Gasteiger charge is -2.29. The van der Waals surface area contributed by atoms with Crippen molar-refractivity contribution in [3.63, 3.8) is 0 Å². The Kier molecular flexibility index (Phi) is 7.19. The van der Waals surface area contributed by atoms with Crippen LogP contribution >= 0.6 is 0 Å². The molecule has 0 bridgehead atoms. The quantitative estimate of drug-likeness (QED) is 0.242. The van der Waals surface area contributed by atoms with E-state index in [1.165, 1.54) is 5.56 Å². The van der Waals surface area contributed by atoms with Crippen LogP contribution in [0.1, 0.15) is 48.0 Å². The number of unbranched alkanes of at least 4 members (excludes halogenated alkanes) is 1. The standard InChI is InChI=1S/C31H30O6/c32-25(14-8-7-11-21-9-3-1-4-10-21)27-26(19-20-31(27,35)28-30(34)37-28)36-29(33)24-17-15-23(16-18-24)22-12-5-2-6-13-22/h1-6,9-10,12-13,15-18,26-28,35H,7-8,11,14,19-20H2/t26-,27-,28?,31+/m1/s1. The summed E-state index contributed by atoms with van der Waals surface area (Å²) < 4.78 is 10.8. The van der Waals surface area contributed by atoms with Crippen LogP contribution in [-0.4, -0.2) is 40.6 Å². The normalized spacial score (nSPS) is 24.4. The van der Waals surface area contributed by atoms with Gasteiger partial charge in [-0.1, -0.05) is 72.8 Å². The van der Waals surface area contributed by atoms with Crippen LogP contribution in [0.5, 0.6) is 0 Å². The highest BCUT2D eigenvalue weighted by atomic mass is 16.7. The first-order valence-corrected chi connectivity index (χ1v) is 12.8. The van der Waals surface area contributed by atoms with Gasteiger partial charge in [0.25, 0.3) is 0 Å². The molecule has 1 heterocycles. The first kappa shape index (κ1) is 24.9. The molecule has 37 heavy (non-hydrogen) atoms. The molecule has 1 saturated heterocycles. The number of Topliss-reactive ketones (excluding diaryl/α,β-unsaturated/α-hetero) is 1. The summed E-state index contributed by atoms with van der Waals surface area (Å²) in [5, 5.41) is 11.3. The summed E-state index contributed by atoms with van der Waals surface area (Å²) in [6.45, 7) is 0. The fourth-order valence-electron chi connectivity index (χ4n) is 5.38. The molecule has 0 amide bonds. The summed E-state index contributed by atoms with van der Waals surface area (Å²) >= 11 is 0. The van der Waals surface area contributed by atoms with Gasteiger partial charge in [-0.2, -0.15) is 0 Å². The number of carbonyl (C=O) groups excluding carboxylic acids is 3. The van der Waals surface area contributed by atoms with Crippen molar-refractivity contribution in [1.82, 2.24) is 0 Å². The Bertz CT molecular complexity index is 1250. The van der Waals surface area contributed by atoms with E-state index in [9.17, 15) is 19.5 Å². The number of hydrogen-bond acceptors (Lipinski definition) is 6. The van der Waals surface area contributed by atoms with Crippen molar-refractivity contribution in [2.24, 2.45) is 5.92 Å². The van der Waals surface area contributed by atoms with Crippen molar-refractivity contribution >= 4 is 17.7 Å². The Morgan fingerprint density at radius 1 is 0.892 bits per heavy atom. The molecular formula is C31H30O6. The van der Waals surface area contributed by atoms with Gasteiger partial charge in [-0.05, 0) is 60.9 Å². The van der Waals surface area contributed by atoms with E-state index in [2.05, 4.69) is 12.1 Å². The minimum atomic E-state index is -1.64. The third-order valence-electron chi connectivity index (χ3n) is 7.40. The molecule has 1 aliphatic heterocycles. The topological polar surface area (TPSA) is 93.2 Å². The van der Waals surface area contributed by atoms with Crippen LogP contribution in [0.4, 0.5) is 0 Å². The molecule has 1 N–H and O–H groups in total. The lowest BCUT2D eigenvalue weighted by Crippen LogP contribution is -2.47. The average Bonchev–Trinajstić information content (AvgIpc) is 3.59. The molecule has 3 aromatic carbocycles. The van der Waals surface area contributed by atoms with Crippen LogP contribution in [0, 0.1) is 5.92 Å². The molecule has 0 spiro atoms. The Morgan fingerprint density at radius 2 is 1.51 bits per heavy atom. The zero-order chi connectivity index (χ0) is 25.8. The zero-order valence-corrected chi connectivity index (χ0v) is 20.5. The molecule has 1 saturated carbocycles. The van der Waals surface area contributed by atoms with Crippen LogP contribution in [0.2, 0.25) is 0 Å². The second kappa shape index (κ2) is 10.7. The summed E-state index contributed by atoms with van der Waals surface area (Å²) in [5.74, 6) is -2.27. The predicted octanol–water partition coefficient (Wildman–Crippen LogP) is 4.93. The lowest BCUT2D eigenvalue weighted by molar-refractivity contribution is -0.137. The highest BCUT2D eigenvalue weighted by Crippen LogP contribution is 2.46. The molecule has 2 fully saturated rings. The molecular weight excluding hydrogens is 468 g/mol. The fourth-order valence-corrected chi connectivity index (χ4v) is 5.38. The van der Waals surface area contributed by atoms with Gasteiger partial charge < -0.3 is 14.6 Å². The summed E-state index contributed by atoms with van der Waals surface area (Å²) in [4.78, 5) is 38.1. The maximum atomic E-state index is 13.3. The Morgan fingerprint density at radius 3 is 2.16 bits per heavy atom. The Labute approximate surface area is 216 Å². The van der Waals surface area contributed by atoms with Gasteiger partial charge in [-0.3, -0.25) is 4.79 Å². The molecule has 0 aromatic heterocycles. The Balaban J connectivity index is 1.24. The highest BCUT2D eigenvalue weighted by molar-refractivity contribution is 5.93. The SMILES string of the molecule is O=C(O[C@@H]1CC[C@@](O)(C2OC2=O)[C@@H]1C(=O)CCCCc1ccccc1)c1ccc(-c2ccccc2)cc1. The molecule has 0 radical (unpaired) electrons. The predicted molar refractivity (Wildman–Crippen MR) is 138 cm³/mol. The Hall–Kier alpha value is -3.77. The number of benzene rings is 3. The molecule has 6 heteroatoms. The molecule has 3 aromatic rings. The van der Waals surface area contributed by atoms with E-state index in [1.54, 1.807) is 12.1 Å².